The van der Waals surface area contributed by atoms with Crippen LogP contribution in [0.25, 0.3) is 86.9 Å². The van der Waals surface area contributed by atoms with E-state index in [0.29, 0.717) is 11.4 Å². The van der Waals surface area contributed by atoms with Gasteiger partial charge < -0.3 is 9.13 Å². The average Bonchev–Trinajstić information content (AvgIpc) is 3.67. The van der Waals surface area contributed by atoms with E-state index < -0.39 is 0 Å². The van der Waals surface area contributed by atoms with Gasteiger partial charge in [0, 0.05) is 27.2 Å². The van der Waals surface area contributed by atoms with Crippen LogP contribution in [0.3, 0.4) is 0 Å². The van der Waals surface area contributed by atoms with Gasteiger partial charge in [0.1, 0.15) is 0 Å². The molecule has 48 heavy (non-hydrogen) atoms. The van der Waals surface area contributed by atoms with Crippen LogP contribution in [0.5, 0.6) is 0 Å². The van der Waals surface area contributed by atoms with E-state index in [-0.39, 0.29) is 0 Å². The third-order valence-electron chi connectivity index (χ3n) is 9.38. The molecule has 9 rings (SSSR count). The summed E-state index contributed by atoms with van der Waals surface area (Å²) in [5, 5.41) is 4.72. The molecule has 0 aliphatic heterocycles. The number of para-hydroxylation sites is 5. The molecule has 0 saturated carbocycles. The van der Waals surface area contributed by atoms with Crippen molar-refractivity contribution in [3.05, 3.63) is 181 Å². The number of hydrogen-bond acceptors (Lipinski definition) is 0. The van der Waals surface area contributed by atoms with E-state index in [4.69, 9.17) is 13.1 Å². The number of nitrogens with zero attached hydrogens (tertiary/aromatic N) is 4. The largest absolute Gasteiger partial charge is 0.318 e. The molecule has 2 heterocycles. The molecule has 9 aromatic rings. The monoisotopic (exact) mass is 610 g/mol. The van der Waals surface area contributed by atoms with Crippen molar-refractivity contribution in [3.8, 4) is 33.6 Å². The third kappa shape index (κ3) is 4.07. The summed E-state index contributed by atoms with van der Waals surface area (Å²) in [6.07, 6.45) is 0. The SMILES string of the molecule is [C-]#[N+]c1ccc(-c2ccc(-n3c4ccccc4c4ccccc43)cc2)cc1-c1cccc([N+]#[C-])c1-n1c2ccccc2c2ccccc21. The van der Waals surface area contributed by atoms with Gasteiger partial charge in [0.2, 0.25) is 5.69 Å². The summed E-state index contributed by atoms with van der Waals surface area (Å²) in [6.45, 7) is 16.3. The molecule has 4 heteroatoms. The molecule has 0 spiro atoms. The van der Waals surface area contributed by atoms with E-state index >= 15 is 0 Å². The molecule has 0 N–H and O–H groups in total. The Kier molecular flexibility index (Phi) is 6.22. The zero-order valence-electron chi connectivity index (χ0n) is 25.8. The van der Waals surface area contributed by atoms with E-state index in [9.17, 15) is 0 Å². The second-order valence-corrected chi connectivity index (χ2v) is 11.9. The first kappa shape index (κ1) is 27.4. The number of rotatable bonds is 4. The Balaban J connectivity index is 1.22. The van der Waals surface area contributed by atoms with Gasteiger partial charge in [0.05, 0.1) is 40.9 Å². The first-order chi connectivity index (χ1) is 23.7. The van der Waals surface area contributed by atoms with Crippen molar-refractivity contribution in [1.29, 1.82) is 0 Å². The van der Waals surface area contributed by atoms with Crippen LogP contribution in [0.15, 0.2) is 158 Å². The Morgan fingerprint density at radius 3 is 1.38 bits per heavy atom. The fourth-order valence-corrected chi connectivity index (χ4v) is 7.27. The van der Waals surface area contributed by atoms with Crippen molar-refractivity contribution in [3.63, 3.8) is 0 Å². The first-order valence-corrected chi connectivity index (χ1v) is 15.8. The van der Waals surface area contributed by atoms with E-state index in [2.05, 4.69) is 122 Å². The summed E-state index contributed by atoms with van der Waals surface area (Å²) in [4.78, 5) is 7.94. The Morgan fingerprint density at radius 2 is 0.854 bits per heavy atom. The molecule has 0 bridgehead atoms. The van der Waals surface area contributed by atoms with Gasteiger partial charge in [-0.05, 0) is 58.7 Å². The molecule has 0 saturated heterocycles. The molecular formula is C44H26N4. The summed E-state index contributed by atoms with van der Waals surface area (Å²) in [6, 6.07) is 54.2. The van der Waals surface area contributed by atoms with E-state index in [1.807, 2.05) is 54.6 Å². The van der Waals surface area contributed by atoms with E-state index in [1.165, 1.54) is 21.8 Å². The molecule has 0 amide bonds. The topological polar surface area (TPSA) is 18.6 Å². The minimum atomic E-state index is 0.538. The lowest BCUT2D eigenvalue weighted by atomic mass is 9.95. The van der Waals surface area contributed by atoms with Crippen molar-refractivity contribution < 1.29 is 0 Å². The van der Waals surface area contributed by atoms with Gasteiger partial charge in [-0.1, -0.05) is 121 Å². The van der Waals surface area contributed by atoms with Crippen LogP contribution in [0.4, 0.5) is 11.4 Å². The van der Waals surface area contributed by atoms with Gasteiger partial charge >= 0.3 is 0 Å². The fourth-order valence-electron chi connectivity index (χ4n) is 7.27. The highest BCUT2D eigenvalue weighted by molar-refractivity contribution is 6.11. The number of aromatic nitrogens is 2. The summed E-state index contributed by atoms with van der Waals surface area (Å²) >= 11 is 0. The van der Waals surface area contributed by atoms with Crippen LogP contribution in [0.1, 0.15) is 0 Å². The predicted octanol–water partition coefficient (Wildman–Crippen LogP) is 12.3. The summed E-state index contributed by atoms with van der Waals surface area (Å²) in [7, 11) is 0. The van der Waals surface area contributed by atoms with Crippen LogP contribution in [0.2, 0.25) is 0 Å². The maximum Gasteiger partial charge on any atom is 0.211 e. The Labute approximate surface area is 277 Å². The molecule has 0 fully saturated rings. The molecule has 0 aliphatic rings. The van der Waals surface area contributed by atoms with Crippen molar-refractivity contribution in [2.24, 2.45) is 0 Å². The molecule has 222 valence electrons. The van der Waals surface area contributed by atoms with Crippen molar-refractivity contribution in [2.45, 2.75) is 0 Å². The predicted molar refractivity (Wildman–Crippen MR) is 199 cm³/mol. The van der Waals surface area contributed by atoms with Crippen LogP contribution in [0, 0.1) is 13.1 Å². The fraction of sp³-hybridized carbons (Fsp3) is 0. The van der Waals surface area contributed by atoms with Crippen LogP contribution < -0.4 is 0 Å². The molecule has 4 nitrogen and oxygen atoms in total. The van der Waals surface area contributed by atoms with Gasteiger partial charge in [-0.3, -0.25) is 0 Å². The third-order valence-corrected chi connectivity index (χ3v) is 9.38. The van der Waals surface area contributed by atoms with Crippen LogP contribution in [-0.2, 0) is 0 Å². The van der Waals surface area contributed by atoms with Gasteiger partial charge in [-0.15, -0.1) is 0 Å². The first-order valence-electron chi connectivity index (χ1n) is 15.8. The number of hydrogen-bond donors (Lipinski definition) is 0. The summed E-state index contributed by atoms with van der Waals surface area (Å²) < 4.78 is 4.50. The Bertz CT molecular complexity index is 2690. The van der Waals surface area contributed by atoms with Crippen LogP contribution in [-0.4, -0.2) is 9.13 Å². The van der Waals surface area contributed by atoms with Gasteiger partial charge in [0.15, 0.2) is 5.69 Å². The molecule has 0 aliphatic carbocycles. The maximum absolute atomic E-state index is 8.17. The Hall–Kier alpha value is -6.88. The highest BCUT2D eigenvalue weighted by atomic mass is 15.0. The molecule has 0 radical (unpaired) electrons. The Morgan fingerprint density at radius 1 is 0.375 bits per heavy atom. The van der Waals surface area contributed by atoms with Crippen molar-refractivity contribution in [2.75, 3.05) is 0 Å². The van der Waals surface area contributed by atoms with E-state index in [0.717, 1.165) is 55.4 Å². The number of benzene rings is 7. The molecule has 0 unspecified atom stereocenters. The lowest BCUT2D eigenvalue weighted by Gasteiger charge is -2.18. The molecule has 2 aromatic heterocycles. The van der Waals surface area contributed by atoms with Gasteiger partial charge in [-0.25, -0.2) is 9.69 Å². The molecule has 7 aromatic carbocycles. The van der Waals surface area contributed by atoms with Gasteiger partial charge in [0.25, 0.3) is 0 Å². The minimum Gasteiger partial charge on any atom is -0.318 e. The quantitative estimate of drug-likeness (QED) is 0.177. The molecular weight excluding hydrogens is 585 g/mol. The highest BCUT2D eigenvalue weighted by Crippen LogP contribution is 2.44. The summed E-state index contributed by atoms with van der Waals surface area (Å²) in [5.41, 5.74) is 11.1. The van der Waals surface area contributed by atoms with E-state index in [1.54, 1.807) is 0 Å². The van der Waals surface area contributed by atoms with Crippen molar-refractivity contribution >= 4 is 55.0 Å². The highest BCUT2D eigenvalue weighted by Gasteiger charge is 2.20. The second-order valence-electron chi connectivity index (χ2n) is 11.9. The zero-order chi connectivity index (χ0) is 32.2. The summed E-state index contributed by atoms with van der Waals surface area (Å²) in [5.74, 6) is 0. The lowest BCUT2D eigenvalue weighted by molar-refractivity contribution is 1.18. The average molecular weight is 611 g/mol. The number of fused-ring (bicyclic) bond motifs is 6. The minimum absolute atomic E-state index is 0.538. The smallest absolute Gasteiger partial charge is 0.211 e. The van der Waals surface area contributed by atoms with Gasteiger partial charge in [-0.2, -0.15) is 0 Å². The maximum atomic E-state index is 8.17. The zero-order valence-corrected chi connectivity index (χ0v) is 25.8. The second kappa shape index (κ2) is 10.9. The lowest BCUT2D eigenvalue weighted by Crippen LogP contribution is -1.98. The molecule has 0 atom stereocenters. The standard InChI is InChI=1S/C44H26N4/c1-45-38-27-24-30(29-22-25-31(26-23-29)47-40-18-7-3-12-32(40)33-13-4-8-19-41(33)47)28-37(38)36-16-11-17-39(46-2)44(36)48-42-20-9-5-14-34(42)35-15-6-10-21-43(35)48/h3-28H. The van der Waals surface area contributed by atoms with Crippen molar-refractivity contribution in [1.82, 2.24) is 9.13 Å². The van der Waals surface area contributed by atoms with Crippen LogP contribution >= 0.6 is 0 Å². The normalized spacial score (nSPS) is 11.3.